The third kappa shape index (κ3) is 2.49. The van der Waals surface area contributed by atoms with Crippen LogP contribution in [-0.4, -0.2) is 20.7 Å². The number of aromatic amines is 1. The highest BCUT2D eigenvalue weighted by Crippen LogP contribution is 2.18. The van der Waals surface area contributed by atoms with Crippen LogP contribution in [-0.2, 0) is 11.8 Å². The number of H-pyrrole nitrogens is 1. The summed E-state index contributed by atoms with van der Waals surface area (Å²) in [4.78, 5) is 26.5. The smallest absolute Gasteiger partial charge is 0.255 e. The van der Waals surface area contributed by atoms with Crippen LogP contribution in [0.15, 0.2) is 47.5 Å². The Morgan fingerprint density at radius 2 is 2.18 bits per heavy atom. The van der Waals surface area contributed by atoms with Crippen molar-refractivity contribution in [2.45, 2.75) is 6.04 Å². The molecule has 22 heavy (non-hydrogen) atoms. The van der Waals surface area contributed by atoms with Crippen molar-refractivity contribution in [3.8, 4) is 0 Å². The lowest BCUT2D eigenvalue weighted by Crippen LogP contribution is -2.29. The number of rotatable bonds is 3. The van der Waals surface area contributed by atoms with Crippen LogP contribution >= 0.6 is 0 Å². The van der Waals surface area contributed by atoms with E-state index < -0.39 is 6.04 Å². The molecule has 2 aromatic heterocycles. The van der Waals surface area contributed by atoms with Crippen molar-refractivity contribution in [1.82, 2.24) is 14.8 Å². The zero-order chi connectivity index (χ0) is 15.7. The highest BCUT2D eigenvalue weighted by molar-refractivity contribution is 5.97. The Kier molecular flexibility index (Phi) is 3.48. The maximum absolute atomic E-state index is 12.2. The average Bonchev–Trinajstić information content (AvgIpc) is 2.92. The summed E-state index contributed by atoms with van der Waals surface area (Å²) < 4.78 is 1.56. The van der Waals surface area contributed by atoms with Crippen LogP contribution in [0.4, 0.5) is 5.69 Å². The number of nitrogens with one attached hydrogen (secondary N) is 2. The predicted octanol–water partition coefficient (Wildman–Crippen LogP) is 0.900. The van der Waals surface area contributed by atoms with Crippen LogP contribution in [0.25, 0.3) is 10.8 Å². The number of aromatic nitrogens is 3. The van der Waals surface area contributed by atoms with E-state index in [0.717, 1.165) is 5.39 Å². The van der Waals surface area contributed by atoms with Gasteiger partial charge in [0.2, 0.25) is 5.91 Å². The first-order valence-electron chi connectivity index (χ1n) is 6.72. The number of nitrogens with two attached hydrogens (primary N) is 1. The molecule has 1 amide bonds. The van der Waals surface area contributed by atoms with Crippen molar-refractivity contribution in [2.24, 2.45) is 12.8 Å². The van der Waals surface area contributed by atoms with E-state index in [9.17, 15) is 9.59 Å². The number of carbonyl (C=O) groups excluding carboxylic acids is 1. The minimum atomic E-state index is -0.817. The summed E-state index contributed by atoms with van der Waals surface area (Å²) in [6.07, 6.45) is 3.16. The van der Waals surface area contributed by atoms with E-state index in [1.807, 2.05) is 0 Å². The number of benzene rings is 1. The van der Waals surface area contributed by atoms with Crippen LogP contribution in [0.2, 0.25) is 0 Å². The lowest BCUT2D eigenvalue weighted by atomic mass is 10.1. The molecule has 0 aliphatic rings. The van der Waals surface area contributed by atoms with Gasteiger partial charge in [-0.25, -0.2) is 0 Å². The fraction of sp³-hybridized carbons (Fsp3) is 0.133. The fourth-order valence-corrected chi connectivity index (χ4v) is 2.31. The van der Waals surface area contributed by atoms with Crippen LogP contribution in [0.3, 0.4) is 0 Å². The molecular weight excluding hydrogens is 282 g/mol. The van der Waals surface area contributed by atoms with Crippen molar-refractivity contribution >= 4 is 22.4 Å². The Balaban J connectivity index is 1.85. The van der Waals surface area contributed by atoms with Gasteiger partial charge in [0, 0.05) is 30.5 Å². The third-order valence-corrected chi connectivity index (χ3v) is 3.50. The molecule has 0 saturated heterocycles. The van der Waals surface area contributed by atoms with E-state index in [4.69, 9.17) is 5.73 Å². The van der Waals surface area contributed by atoms with Gasteiger partial charge in [0.15, 0.2) is 0 Å². The summed E-state index contributed by atoms with van der Waals surface area (Å²) in [6.45, 7) is 0. The average molecular weight is 297 g/mol. The number of anilines is 1. The largest absolute Gasteiger partial charge is 0.329 e. The zero-order valence-corrected chi connectivity index (χ0v) is 11.9. The molecule has 0 aliphatic carbocycles. The molecule has 0 bridgehead atoms. The molecule has 0 spiro atoms. The van der Waals surface area contributed by atoms with Gasteiger partial charge in [-0.2, -0.15) is 5.10 Å². The Morgan fingerprint density at radius 3 is 2.91 bits per heavy atom. The first kappa shape index (κ1) is 14.0. The quantitative estimate of drug-likeness (QED) is 0.667. The van der Waals surface area contributed by atoms with Crippen LogP contribution in [0, 0.1) is 0 Å². The number of carbonyl (C=O) groups is 1. The zero-order valence-electron chi connectivity index (χ0n) is 11.9. The summed E-state index contributed by atoms with van der Waals surface area (Å²) in [5.41, 5.74) is 6.98. The molecule has 0 fully saturated rings. The van der Waals surface area contributed by atoms with E-state index in [1.54, 1.807) is 54.5 Å². The van der Waals surface area contributed by atoms with Crippen molar-refractivity contribution in [2.75, 3.05) is 5.32 Å². The monoisotopic (exact) mass is 297 g/mol. The number of aryl methyl sites for hydroxylation is 1. The lowest BCUT2D eigenvalue weighted by molar-refractivity contribution is -0.117. The van der Waals surface area contributed by atoms with Crippen molar-refractivity contribution < 1.29 is 4.79 Å². The van der Waals surface area contributed by atoms with Gasteiger partial charge in [-0.1, -0.05) is 0 Å². The second kappa shape index (κ2) is 5.45. The van der Waals surface area contributed by atoms with Gasteiger partial charge < -0.3 is 16.0 Å². The maximum atomic E-state index is 12.2. The predicted molar refractivity (Wildman–Crippen MR) is 83.3 cm³/mol. The Labute approximate surface area is 125 Å². The van der Waals surface area contributed by atoms with Crippen molar-refractivity contribution in [1.29, 1.82) is 0 Å². The fourth-order valence-electron chi connectivity index (χ4n) is 2.31. The molecule has 4 N–H and O–H groups in total. The molecule has 1 aromatic carbocycles. The van der Waals surface area contributed by atoms with E-state index in [2.05, 4.69) is 15.4 Å². The van der Waals surface area contributed by atoms with Gasteiger partial charge in [0.05, 0.1) is 5.69 Å². The summed E-state index contributed by atoms with van der Waals surface area (Å²) in [5, 5.41) is 8.06. The molecule has 112 valence electrons. The normalized spacial score (nSPS) is 12.3. The number of nitrogens with zero attached hydrogens (tertiary/aromatic N) is 2. The lowest BCUT2D eigenvalue weighted by Gasteiger charge is -2.13. The number of fused-ring (bicyclic) bond motifs is 1. The number of hydrogen-bond donors (Lipinski definition) is 3. The molecule has 0 aliphatic heterocycles. The third-order valence-electron chi connectivity index (χ3n) is 3.50. The van der Waals surface area contributed by atoms with Crippen LogP contribution in [0.5, 0.6) is 0 Å². The molecular formula is C15H15N5O2. The van der Waals surface area contributed by atoms with Crippen LogP contribution < -0.4 is 16.6 Å². The van der Waals surface area contributed by atoms with E-state index in [-0.39, 0.29) is 11.5 Å². The first-order chi connectivity index (χ1) is 10.6. The minimum absolute atomic E-state index is 0.165. The van der Waals surface area contributed by atoms with E-state index in [0.29, 0.717) is 16.8 Å². The molecule has 2 heterocycles. The molecule has 3 aromatic rings. The van der Waals surface area contributed by atoms with Crippen molar-refractivity contribution in [3.05, 3.63) is 58.8 Å². The molecule has 3 rings (SSSR count). The molecule has 7 nitrogen and oxygen atoms in total. The summed E-state index contributed by atoms with van der Waals surface area (Å²) in [6, 6.07) is 7.73. The highest BCUT2D eigenvalue weighted by atomic mass is 16.2. The van der Waals surface area contributed by atoms with Crippen LogP contribution in [0.1, 0.15) is 11.7 Å². The minimum Gasteiger partial charge on any atom is -0.329 e. The SMILES string of the molecule is Cn1nccc1C(N)C(=O)Nc1ccc2c(=O)[nH]ccc2c1. The molecule has 7 heteroatoms. The van der Waals surface area contributed by atoms with Gasteiger partial charge >= 0.3 is 0 Å². The van der Waals surface area contributed by atoms with Gasteiger partial charge in [-0.15, -0.1) is 0 Å². The summed E-state index contributed by atoms with van der Waals surface area (Å²) in [5.74, 6) is -0.340. The Morgan fingerprint density at radius 1 is 1.36 bits per heavy atom. The van der Waals surface area contributed by atoms with Gasteiger partial charge in [0.1, 0.15) is 6.04 Å². The van der Waals surface area contributed by atoms with Crippen molar-refractivity contribution in [3.63, 3.8) is 0 Å². The number of pyridine rings is 1. The Bertz CT molecular complexity index is 896. The highest BCUT2D eigenvalue weighted by Gasteiger charge is 2.19. The topological polar surface area (TPSA) is 106 Å². The summed E-state index contributed by atoms with van der Waals surface area (Å²) in [7, 11) is 1.73. The van der Waals surface area contributed by atoms with Gasteiger partial charge in [-0.05, 0) is 35.7 Å². The first-order valence-corrected chi connectivity index (χ1v) is 6.72. The standard InChI is InChI=1S/C15H15N5O2/c1-20-12(5-7-18-20)13(16)15(22)19-10-2-3-11-9(8-10)4-6-17-14(11)21/h2-8,13H,16H2,1H3,(H,17,21)(H,19,22). The van der Waals surface area contributed by atoms with Gasteiger partial charge in [0.25, 0.3) is 5.56 Å². The van der Waals surface area contributed by atoms with Gasteiger partial charge in [-0.3, -0.25) is 14.3 Å². The second-order valence-corrected chi connectivity index (χ2v) is 4.96. The summed E-state index contributed by atoms with van der Waals surface area (Å²) >= 11 is 0. The van der Waals surface area contributed by atoms with E-state index >= 15 is 0 Å². The molecule has 1 unspecified atom stereocenters. The number of hydrogen-bond acceptors (Lipinski definition) is 4. The number of amides is 1. The maximum Gasteiger partial charge on any atom is 0.255 e. The molecule has 1 atom stereocenters. The Hall–Kier alpha value is -2.93. The molecule has 0 radical (unpaired) electrons. The molecule has 0 saturated carbocycles. The van der Waals surface area contributed by atoms with E-state index in [1.165, 1.54) is 0 Å². The second-order valence-electron chi connectivity index (χ2n) is 4.96.